The molecule has 28 heavy (non-hydrogen) atoms. The molecular weight excluding hydrogens is 376 g/mol. The fraction of sp³-hybridized carbons (Fsp3) is 0.200. The van der Waals surface area contributed by atoms with Crippen molar-refractivity contribution in [2.24, 2.45) is 0 Å². The second-order valence-electron chi connectivity index (χ2n) is 5.96. The van der Waals surface area contributed by atoms with Gasteiger partial charge in [0.05, 0.1) is 16.7 Å². The maximum Gasteiger partial charge on any atom is 0.262 e. The van der Waals surface area contributed by atoms with Gasteiger partial charge in [-0.3, -0.25) is 19.0 Å². The fourth-order valence-corrected chi connectivity index (χ4v) is 3.61. The number of anilines is 1. The highest BCUT2D eigenvalue weighted by molar-refractivity contribution is 7.99. The molecule has 0 aliphatic rings. The largest absolute Gasteiger partial charge is 0.355 e. The van der Waals surface area contributed by atoms with E-state index >= 15 is 0 Å². The maximum absolute atomic E-state index is 12.6. The highest BCUT2D eigenvalue weighted by Gasteiger charge is 2.13. The number of carbonyl (C=O) groups excluding carboxylic acids is 2. The van der Waals surface area contributed by atoms with Gasteiger partial charge in [0, 0.05) is 24.8 Å². The number of benzene rings is 2. The van der Waals surface area contributed by atoms with E-state index in [1.165, 1.54) is 11.8 Å². The number of nitrogens with one attached hydrogen (secondary N) is 2. The van der Waals surface area contributed by atoms with Crippen molar-refractivity contribution in [1.82, 2.24) is 14.9 Å². The van der Waals surface area contributed by atoms with E-state index in [1.807, 2.05) is 13.0 Å². The summed E-state index contributed by atoms with van der Waals surface area (Å²) in [5.41, 5.74) is 1.49. The van der Waals surface area contributed by atoms with Crippen molar-refractivity contribution in [3.8, 4) is 0 Å². The topological polar surface area (TPSA) is 93.1 Å². The maximum atomic E-state index is 12.6. The van der Waals surface area contributed by atoms with Crippen LogP contribution in [0, 0.1) is 0 Å². The lowest BCUT2D eigenvalue weighted by Crippen LogP contribution is -2.23. The molecule has 3 rings (SSSR count). The molecule has 0 saturated carbocycles. The van der Waals surface area contributed by atoms with Crippen molar-refractivity contribution >= 4 is 40.2 Å². The predicted octanol–water partition coefficient (Wildman–Crippen LogP) is 2.51. The quantitative estimate of drug-likeness (QED) is 0.493. The third-order valence-corrected chi connectivity index (χ3v) is 5.09. The molecule has 2 N–H and O–H groups in total. The SMILES string of the molecule is CCn1c(SCC(=O)Nc2cccc(C(=O)NC)c2)nc2ccccc2c1=O. The van der Waals surface area contributed by atoms with Crippen LogP contribution in [-0.2, 0) is 11.3 Å². The minimum atomic E-state index is -0.246. The third-order valence-electron chi connectivity index (χ3n) is 4.11. The van der Waals surface area contributed by atoms with Crippen molar-refractivity contribution in [2.45, 2.75) is 18.6 Å². The summed E-state index contributed by atoms with van der Waals surface area (Å²) in [6.45, 7) is 2.33. The van der Waals surface area contributed by atoms with Gasteiger partial charge in [-0.1, -0.05) is 30.0 Å². The van der Waals surface area contributed by atoms with Gasteiger partial charge in [-0.25, -0.2) is 4.98 Å². The third kappa shape index (κ3) is 4.23. The number of rotatable bonds is 6. The van der Waals surface area contributed by atoms with E-state index in [4.69, 9.17) is 0 Å². The number of hydrogen-bond donors (Lipinski definition) is 2. The molecule has 0 atom stereocenters. The van der Waals surface area contributed by atoms with E-state index in [9.17, 15) is 14.4 Å². The molecule has 0 aliphatic carbocycles. The van der Waals surface area contributed by atoms with Crippen LogP contribution in [0.4, 0.5) is 5.69 Å². The van der Waals surface area contributed by atoms with Gasteiger partial charge in [-0.15, -0.1) is 0 Å². The van der Waals surface area contributed by atoms with Crippen molar-refractivity contribution in [3.05, 3.63) is 64.4 Å². The molecule has 2 aromatic carbocycles. The van der Waals surface area contributed by atoms with Gasteiger partial charge in [0.15, 0.2) is 5.16 Å². The zero-order valence-electron chi connectivity index (χ0n) is 15.6. The molecule has 0 unspecified atom stereocenters. The van der Waals surface area contributed by atoms with E-state index < -0.39 is 0 Å². The van der Waals surface area contributed by atoms with Gasteiger partial charge < -0.3 is 10.6 Å². The molecule has 7 nitrogen and oxygen atoms in total. The Bertz CT molecular complexity index is 1090. The monoisotopic (exact) mass is 396 g/mol. The van der Waals surface area contributed by atoms with Crippen LogP contribution in [0.15, 0.2) is 58.5 Å². The molecule has 0 aliphatic heterocycles. The minimum absolute atomic E-state index is 0.0922. The first-order valence-corrected chi connectivity index (χ1v) is 9.76. The molecule has 1 aromatic heterocycles. The van der Waals surface area contributed by atoms with Crippen LogP contribution >= 0.6 is 11.8 Å². The van der Waals surface area contributed by atoms with Crippen molar-refractivity contribution in [2.75, 3.05) is 18.1 Å². The standard InChI is InChI=1S/C20H20N4O3S/c1-3-24-19(27)15-9-4-5-10-16(15)23-20(24)28-12-17(25)22-14-8-6-7-13(11-14)18(26)21-2/h4-11H,3,12H2,1-2H3,(H,21,26)(H,22,25). The van der Waals surface area contributed by atoms with Crippen LogP contribution in [0.2, 0.25) is 0 Å². The molecule has 3 aromatic rings. The Kier molecular flexibility index (Phi) is 6.10. The summed E-state index contributed by atoms with van der Waals surface area (Å²) in [5.74, 6) is -0.378. The highest BCUT2D eigenvalue weighted by atomic mass is 32.2. The lowest BCUT2D eigenvalue weighted by atomic mass is 10.2. The molecule has 8 heteroatoms. The second-order valence-corrected chi connectivity index (χ2v) is 6.90. The fourth-order valence-electron chi connectivity index (χ4n) is 2.75. The predicted molar refractivity (Wildman–Crippen MR) is 111 cm³/mol. The molecule has 2 amide bonds. The van der Waals surface area contributed by atoms with E-state index in [0.29, 0.717) is 33.9 Å². The Balaban J connectivity index is 1.75. The smallest absolute Gasteiger partial charge is 0.262 e. The Hall–Kier alpha value is -3.13. The normalized spacial score (nSPS) is 10.6. The summed E-state index contributed by atoms with van der Waals surface area (Å²) in [6.07, 6.45) is 0. The van der Waals surface area contributed by atoms with Gasteiger partial charge in [0.2, 0.25) is 5.91 Å². The van der Waals surface area contributed by atoms with E-state index in [1.54, 1.807) is 54.1 Å². The Morgan fingerprint density at radius 3 is 2.68 bits per heavy atom. The molecule has 0 fully saturated rings. The number of fused-ring (bicyclic) bond motifs is 1. The van der Waals surface area contributed by atoms with Crippen molar-refractivity contribution in [3.63, 3.8) is 0 Å². The number of nitrogens with zero attached hydrogens (tertiary/aromatic N) is 2. The highest BCUT2D eigenvalue weighted by Crippen LogP contribution is 2.18. The van der Waals surface area contributed by atoms with E-state index in [-0.39, 0.29) is 23.1 Å². The summed E-state index contributed by atoms with van der Waals surface area (Å²) in [7, 11) is 1.55. The molecule has 0 bridgehead atoms. The molecule has 0 saturated heterocycles. The Morgan fingerprint density at radius 1 is 1.14 bits per heavy atom. The Labute approximate surface area is 166 Å². The van der Waals surface area contributed by atoms with Gasteiger partial charge in [0.1, 0.15) is 0 Å². The van der Waals surface area contributed by atoms with Crippen LogP contribution in [0.3, 0.4) is 0 Å². The van der Waals surface area contributed by atoms with Gasteiger partial charge in [-0.2, -0.15) is 0 Å². The van der Waals surface area contributed by atoms with Crippen LogP contribution in [0.5, 0.6) is 0 Å². The second kappa shape index (κ2) is 8.71. The number of amides is 2. The zero-order valence-corrected chi connectivity index (χ0v) is 16.4. The molecule has 0 radical (unpaired) electrons. The summed E-state index contributed by atoms with van der Waals surface area (Å²) >= 11 is 1.20. The first kappa shape index (κ1) is 19.6. The molecule has 0 spiro atoms. The average Bonchev–Trinajstić information content (AvgIpc) is 2.72. The summed E-state index contributed by atoms with van der Waals surface area (Å²) < 4.78 is 1.56. The average molecular weight is 396 g/mol. The van der Waals surface area contributed by atoms with Gasteiger partial charge >= 0.3 is 0 Å². The van der Waals surface area contributed by atoms with Crippen LogP contribution in [0.1, 0.15) is 17.3 Å². The molecular formula is C20H20N4O3S. The van der Waals surface area contributed by atoms with E-state index in [0.717, 1.165) is 0 Å². The number of aromatic nitrogens is 2. The van der Waals surface area contributed by atoms with Crippen LogP contribution in [0.25, 0.3) is 10.9 Å². The first-order valence-electron chi connectivity index (χ1n) is 8.78. The van der Waals surface area contributed by atoms with E-state index in [2.05, 4.69) is 15.6 Å². The van der Waals surface area contributed by atoms with Gasteiger partial charge in [-0.05, 0) is 37.3 Å². The summed E-state index contributed by atoms with van der Waals surface area (Å²) in [4.78, 5) is 41.2. The first-order chi connectivity index (χ1) is 13.5. The van der Waals surface area contributed by atoms with Crippen LogP contribution < -0.4 is 16.2 Å². The number of carbonyl (C=O) groups is 2. The Morgan fingerprint density at radius 2 is 1.93 bits per heavy atom. The zero-order chi connectivity index (χ0) is 20.1. The summed E-state index contributed by atoms with van der Waals surface area (Å²) in [5, 5.41) is 6.37. The molecule has 144 valence electrons. The lowest BCUT2D eigenvalue weighted by Gasteiger charge is -2.11. The van der Waals surface area contributed by atoms with Gasteiger partial charge in [0.25, 0.3) is 11.5 Å². The summed E-state index contributed by atoms with van der Waals surface area (Å²) in [6, 6.07) is 13.9. The molecule has 1 heterocycles. The van der Waals surface area contributed by atoms with Crippen molar-refractivity contribution in [1.29, 1.82) is 0 Å². The van der Waals surface area contributed by atoms with Crippen molar-refractivity contribution < 1.29 is 9.59 Å². The number of para-hydroxylation sites is 1. The lowest BCUT2D eigenvalue weighted by molar-refractivity contribution is -0.113. The number of thioether (sulfide) groups is 1. The minimum Gasteiger partial charge on any atom is -0.355 e. The van der Waals surface area contributed by atoms with Crippen LogP contribution in [-0.4, -0.2) is 34.2 Å². The number of hydrogen-bond acceptors (Lipinski definition) is 5.